The quantitative estimate of drug-likeness (QED) is 0.735. The Hall–Kier alpha value is -0.960. The minimum absolute atomic E-state index is 0.137. The van der Waals surface area contributed by atoms with Gasteiger partial charge in [-0.2, -0.15) is 0 Å². The van der Waals surface area contributed by atoms with Gasteiger partial charge < -0.3 is 5.73 Å². The van der Waals surface area contributed by atoms with Crippen LogP contribution in [0, 0.1) is 17.0 Å². The molecule has 1 nitrogen and oxygen atoms in total. The van der Waals surface area contributed by atoms with Crippen molar-refractivity contribution in [3.63, 3.8) is 0 Å². The van der Waals surface area contributed by atoms with Gasteiger partial charge in [-0.05, 0) is 17.9 Å². The minimum atomic E-state index is -0.824. The van der Waals surface area contributed by atoms with E-state index >= 15 is 0 Å². The zero-order valence-corrected chi connectivity index (χ0v) is 8.27. The first kappa shape index (κ1) is 9.59. The predicted molar refractivity (Wildman–Crippen MR) is 50.6 cm³/mol. The molecule has 76 valence electrons. The fourth-order valence-electron chi connectivity index (χ4n) is 1.96. The Labute approximate surface area is 81.9 Å². The highest BCUT2D eigenvalue weighted by Crippen LogP contribution is 2.60. The van der Waals surface area contributed by atoms with Gasteiger partial charge in [-0.25, -0.2) is 8.78 Å². The van der Waals surface area contributed by atoms with Crippen molar-refractivity contribution in [1.29, 1.82) is 0 Å². The summed E-state index contributed by atoms with van der Waals surface area (Å²) in [6.45, 7) is 3.91. The summed E-state index contributed by atoms with van der Waals surface area (Å²) in [5.74, 6) is -1.63. The molecule has 2 N–H and O–H groups in total. The van der Waals surface area contributed by atoms with E-state index in [1.54, 1.807) is 6.07 Å². The van der Waals surface area contributed by atoms with Crippen LogP contribution in [0.2, 0.25) is 0 Å². The molecule has 1 aliphatic carbocycles. The number of hydrogen-bond donors (Lipinski definition) is 1. The molecule has 1 aromatic rings. The third-order valence-corrected chi connectivity index (χ3v) is 3.24. The summed E-state index contributed by atoms with van der Waals surface area (Å²) in [5, 5.41) is 0. The van der Waals surface area contributed by atoms with Gasteiger partial charge in [0.1, 0.15) is 0 Å². The maximum absolute atomic E-state index is 13.4. The van der Waals surface area contributed by atoms with Crippen molar-refractivity contribution in [3.8, 4) is 0 Å². The molecular weight excluding hydrogens is 184 g/mol. The van der Waals surface area contributed by atoms with Gasteiger partial charge in [-0.15, -0.1) is 0 Å². The van der Waals surface area contributed by atoms with E-state index in [0.29, 0.717) is 12.0 Å². The largest absolute Gasteiger partial charge is 0.321 e. The lowest BCUT2D eigenvalue weighted by molar-refractivity contribution is 0.451. The molecule has 0 heterocycles. The van der Waals surface area contributed by atoms with Crippen LogP contribution >= 0.6 is 0 Å². The molecule has 1 aliphatic rings. The highest BCUT2D eigenvalue weighted by Gasteiger charge is 2.60. The molecule has 1 fully saturated rings. The Morgan fingerprint density at radius 1 is 1.29 bits per heavy atom. The van der Waals surface area contributed by atoms with E-state index in [2.05, 4.69) is 0 Å². The molecule has 0 aliphatic heterocycles. The molecule has 3 heteroatoms. The number of benzene rings is 1. The summed E-state index contributed by atoms with van der Waals surface area (Å²) in [6.07, 6.45) is 0.695. The summed E-state index contributed by atoms with van der Waals surface area (Å²) in [6, 6.07) is 4.17. The van der Waals surface area contributed by atoms with E-state index < -0.39 is 17.2 Å². The van der Waals surface area contributed by atoms with Crippen molar-refractivity contribution in [2.75, 3.05) is 0 Å². The fraction of sp³-hybridized carbons (Fsp3) is 0.455. The second kappa shape index (κ2) is 2.54. The van der Waals surface area contributed by atoms with E-state index in [1.165, 1.54) is 6.07 Å². The highest BCUT2D eigenvalue weighted by atomic mass is 19.2. The van der Waals surface area contributed by atoms with Crippen molar-refractivity contribution >= 4 is 0 Å². The summed E-state index contributed by atoms with van der Waals surface area (Å²) >= 11 is 0. The molecule has 1 unspecified atom stereocenters. The minimum Gasteiger partial charge on any atom is -0.321 e. The van der Waals surface area contributed by atoms with E-state index in [1.807, 2.05) is 13.8 Å². The molecular formula is C11H13F2N. The van der Waals surface area contributed by atoms with E-state index in [0.717, 1.165) is 6.07 Å². The summed E-state index contributed by atoms with van der Waals surface area (Å²) in [5.41, 5.74) is 5.47. The van der Waals surface area contributed by atoms with Crippen molar-refractivity contribution in [2.45, 2.75) is 25.8 Å². The highest BCUT2D eigenvalue weighted by molar-refractivity contribution is 5.36. The van der Waals surface area contributed by atoms with Crippen LogP contribution in [-0.4, -0.2) is 0 Å². The molecule has 1 atom stereocenters. The second-order valence-corrected chi connectivity index (χ2v) is 4.63. The van der Waals surface area contributed by atoms with Crippen molar-refractivity contribution in [3.05, 3.63) is 35.4 Å². The molecule has 0 saturated heterocycles. The SMILES string of the molecule is CC1(C)CC1(N)c1cccc(F)c1F. The van der Waals surface area contributed by atoms with Gasteiger partial charge in [-0.3, -0.25) is 0 Å². The Balaban J connectivity index is 2.49. The number of halogens is 2. The van der Waals surface area contributed by atoms with Gasteiger partial charge >= 0.3 is 0 Å². The average Bonchev–Trinajstić information content (AvgIpc) is 2.58. The van der Waals surface area contributed by atoms with Gasteiger partial charge in [-0.1, -0.05) is 26.0 Å². The first-order chi connectivity index (χ1) is 6.38. The van der Waals surface area contributed by atoms with Crippen LogP contribution in [0.5, 0.6) is 0 Å². The van der Waals surface area contributed by atoms with Crippen molar-refractivity contribution < 1.29 is 8.78 Å². The topological polar surface area (TPSA) is 26.0 Å². The zero-order valence-electron chi connectivity index (χ0n) is 8.27. The molecule has 2 rings (SSSR count). The van der Waals surface area contributed by atoms with Crippen LogP contribution in [0.15, 0.2) is 18.2 Å². The fourth-order valence-corrected chi connectivity index (χ4v) is 1.96. The molecule has 0 amide bonds. The van der Waals surface area contributed by atoms with Gasteiger partial charge in [0.05, 0.1) is 0 Å². The maximum Gasteiger partial charge on any atom is 0.163 e. The van der Waals surface area contributed by atoms with Crippen molar-refractivity contribution in [1.82, 2.24) is 0 Å². The summed E-state index contributed by atoms with van der Waals surface area (Å²) in [4.78, 5) is 0. The Morgan fingerprint density at radius 2 is 1.86 bits per heavy atom. The third-order valence-electron chi connectivity index (χ3n) is 3.24. The lowest BCUT2D eigenvalue weighted by Crippen LogP contribution is -2.27. The van der Waals surface area contributed by atoms with Gasteiger partial charge in [0.15, 0.2) is 11.6 Å². The van der Waals surface area contributed by atoms with Gasteiger partial charge in [0.25, 0.3) is 0 Å². The van der Waals surface area contributed by atoms with E-state index in [4.69, 9.17) is 5.73 Å². The molecule has 0 bridgehead atoms. The molecule has 1 saturated carbocycles. The van der Waals surface area contributed by atoms with Crippen molar-refractivity contribution in [2.24, 2.45) is 11.1 Å². The predicted octanol–water partition coefficient (Wildman–Crippen LogP) is 2.55. The summed E-state index contributed by atoms with van der Waals surface area (Å²) < 4.78 is 26.4. The maximum atomic E-state index is 13.4. The summed E-state index contributed by atoms with van der Waals surface area (Å²) in [7, 11) is 0. The number of hydrogen-bond acceptors (Lipinski definition) is 1. The first-order valence-electron chi connectivity index (χ1n) is 4.62. The molecule has 14 heavy (non-hydrogen) atoms. The zero-order chi connectivity index (χ0) is 10.6. The number of rotatable bonds is 1. The van der Waals surface area contributed by atoms with Crippen LogP contribution in [0.3, 0.4) is 0 Å². The average molecular weight is 197 g/mol. The van der Waals surface area contributed by atoms with Crippen LogP contribution in [0.1, 0.15) is 25.8 Å². The molecule has 0 spiro atoms. The normalized spacial score (nSPS) is 28.9. The van der Waals surface area contributed by atoms with E-state index in [-0.39, 0.29) is 5.41 Å². The number of nitrogens with two attached hydrogens (primary N) is 1. The van der Waals surface area contributed by atoms with Crippen LogP contribution in [-0.2, 0) is 5.54 Å². The standard InChI is InChI=1S/C11H13F2N/c1-10(2)6-11(10,14)7-4-3-5-8(12)9(7)13/h3-5H,6,14H2,1-2H3. The van der Waals surface area contributed by atoms with E-state index in [9.17, 15) is 8.78 Å². The monoisotopic (exact) mass is 197 g/mol. The smallest absolute Gasteiger partial charge is 0.163 e. The Kier molecular flexibility index (Phi) is 1.74. The van der Waals surface area contributed by atoms with Gasteiger partial charge in [0.2, 0.25) is 0 Å². The second-order valence-electron chi connectivity index (χ2n) is 4.63. The lowest BCUT2D eigenvalue weighted by Gasteiger charge is -2.16. The first-order valence-corrected chi connectivity index (χ1v) is 4.62. The Morgan fingerprint density at radius 3 is 2.36 bits per heavy atom. The molecule has 0 aromatic heterocycles. The van der Waals surface area contributed by atoms with Crippen LogP contribution < -0.4 is 5.73 Å². The van der Waals surface area contributed by atoms with Gasteiger partial charge in [0, 0.05) is 11.1 Å². The molecule has 1 aromatic carbocycles. The third kappa shape index (κ3) is 1.08. The molecule has 0 radical (unpaired) electrons. The van der Waals surface area contributed by atoms with Crippen LogP contribution in [0.4, 0.5) is 8.78 Å². The lowest BCUT2D eigenvalue weighted by atomic mass is 9.96. The Bertz CT molecular complexity index is 387. The van der Waals surface area contributed by atoms with Crippen LogP contribution in [0.25, 0.3) is 0 Å².